The molecule has 1 heterocycles. The first-order valence-corrected chi connectivity index (χ1v) is 4.77. The van der Waals surface area contributed by atoms with Crippen molar-refractivity contribution in [3.05, 3.63) is 29.6 Å². The average Bonchev–Trinajstić information content (AvgIpc) is 2.40. The van der Waals surface area contributed by atoms with Gasteiger partial charge >= 0.3 is 0 Å². The van der Waals surface area contributed by atoms with Crippen LogP contribution in [0.25, 0.3) is 0 Å². The molecule has 84 valence electrons. The standard InChI is InChI=1S/C11H10FNO3/c1-6(14)5-11(16)8-4-7(12)2-3-9(8)13-10(11)15/h2-4,16H,5H2,1H3,(H,13,15)/t11-/m0/s1. The van der Waals surface area contributed by atoms with Gasteiger partial charge in [0.2, 0.25) is 0 Å². The fourth-order valence-electron chi connectivity index (χ4n) is 1.85. The van der Waals surface area contributed by atoms with Crippen LogP contribution in [-0.4, -0.2) is 16.8 Å². The van der Waals surface area contributed by atoms with E-state index in [1.807, 2.05) is 0 Å². The lowest BCUT2D eigenvalue weighted by Gasteiger charge is -2.18. The van der Waals surface area contributed by atoms with Crippen molar-refractivity contribution in [3.8, 4) is 0 Å². The van der Waals surface area contributed by atoms with Crippen LogP contribution in [0.3, 0.4) is 0 Å². The van der Waals surface area contributed by atoms with E-state index in [1.54, 1.807) is 0 Å². The number of anilines is 1. The van der Waals surface area contributed by atoms with Crippen LogP contribution < -0.4 is 5.32 Å². The number of amides is 1. The number of ketones is 1. The van der Waals surface area contributed by atoms with E-state index in [0.717, 1.165) is 6.07 Å². The lowest BCUT2D eigenvalue weighted by Crippen LogP contribution is -2.36. The number of aliphatic hydroxyl groups is 1. The van der Waals surface area contributed by atoms with Crippen LogP contribution in [-0.2, 0) is 15.2 Å². The third-order valence-corrected chi connectivity index (χ3v) is 2.56. The molecule has 2 rings (SSSR count). The molecule has 4 nitrogen and oxygen atoms in total. The summed E-state index contributed by atoms with van der Waals surface area (Å²) in [6.07, 6.45) is -0.352. The predicted octanol–water partition coefficient (Wildman–Crippen LogP) is 0.944. The van der Waals surface area contributed by atoms with E-state index in [1.165, 1.54) is 19.1 Å². The molecule has 1 amide bonds. The molecule has 0 fully saturated rings. The first-order chi connectivity index (χ1) is 7.43. The molecular weight excluding hydrogens is 213 g/mol. The molecule has 1 aromatic rings. The highest BCUT2D eigenvalue weighted by Crippen LogP contribution is 2.38. The summed E-state index contributed by atoms with van der Waals surface area (Å²) in [5.41, 5.74) is -1.48. The molecular formula is C11H10FNO3. The van der Waals surface area contributed by atoms with Gasteiger partial charge in [0.15, 0.2) is 5.60 Å². The molecule has 1 aromatic carbocycles. The maximum Gasteiger partial charge on any atom is 0.261 e. The third kappa shape index (κ3) is 1.49. The van der Waals surface area contributed by atoms with E-state index in [9.17, 15) is 19.1 Å². The SMILES string of the molecule is CC(=O)C[C@@]1(O)C(=O)Nc2ccc(F)cc21. The van der Waals surface area contributed by atoms with Gasteiger partial charge in [0.25, 0.3) is 5.91 Å². The van der Waals surface area contributed by atoms with Gasteiger partial charge in [-0.2, -0.15) is 0 Å². The van der Waals surface area contributed by atoms with Crippen molar-refractivity contribution in [2.24, 2.45) is 0 Å². The summed E-state index contributed by atoms with van der Waals surface area (Å²) in [7, 11) is 0. The maximum atomic E-state index is 13.0. The van der Waals surface area contributed by atoms with Crippen molar-refractivity contribution < 1.29 is 19.1 Å². The number of carbonyl (C=O) groups is 2. The van der Waals surface area contributed by atoms with E-state index in [-0.39, 0.29) is 17.8 Å². The number of benzene rings is 1. The van der Waals surface area contributed by atoms with Crippen LogP contribution in [0, 0.1) is 5.82 Å². The van der Waals surface area contributed by atoms with Gasteiger partial charge in [0.1, 0.15) is 11.6 Å². The minimum absolute atomic E-state index is 0.118. The van der Waals surface area contributed by atoms with Gasteiger partial charge in [-0.3, -0.25) is 9.59 Å². The molecule has 0 aliphatic carbocycles. The summed E-state index contributed by atoms with van der Waals surface area (Å²) in [4.78, 5) is 22.6. The fourth-order valence-corrected chi connectivity index (χ4v) is 1.85. The van der Waals surface area contributed by atoms with Crippen molar-refractivity contribution in [2.75, 3.05) is 5.32 Å². The maximum absolute atomic E-state index is 13.0. The highest BCUT2D eigenvalue weighted by molar-refractivity contribution is 6.06. The molecule has 0 aromatic heterocycles. The van der Waals surface area contributed by atoms with E-state index < -0.39 is 17.3 Å². The molecule has 16 heavy (non-hydrogen) atoms. The largest absolute Gasteiger partial charge is 0.375 e. The number of hydrogen-bond acceptors (Lipinski definition) is 3. The Bertz CT molecular complexity index is 486. The Morgan fingerprint density at radius 3 is 2.88 bits per heavy atom. The Morgan fingerprint density at radius 1 is 1.56 bits per heavy atom. The zero-order chi connectivity index (χ0) is 11.9. The Labute approximate surface area is 91.1 Å². The fraction of sp³-hybridized carbons (Fsp3) is 0.273. The lowest BCUT2D eigenvalue weighted by molar-refractivity contribution is -0.139. The normalized spacial score (nSPS) is 22.8. The van der Waals surface area contributed by atoms with Crippen molar-refractivity contribution in [1.29, 1.82) is 0 Å². The van der Waals surface area contributed by atoms with Crippen molar-refractivity contribution >= 4 is 17.4 Å². The highest BCUT2D eigenvalue weighted by Gasteiger charge is 2.46. The predicted molar refractivity (Wildman–Crippen MR) is 54.2 cm³/mol. The minimum Gasteiger partial charge on any atom is -0.375 e. The summed E-state index contributed by atoms with van der Waals surface area (Å²) < 4.78 is 13.0. The van der Waals surface area contributed by atoms with E-state index in [4.69, 9.17) is 0 Å². The Kier molecular flexibility index (Phi) is 2.27. The number of hydrogen-bond donors (Lipinski definition) is 2. The topological polar surface area (TPSA) is 66.4 Å². The average molecular weight is 223 g/mol. The van der Waals surface area contributed by atoms with Gasteiger partial charge in [-0.1, -0.05) is 0 Å². The molecule has 5 heteroatoms. The van der Waals surface area contributed by atoms with Gasteiger partial charge in [-0.05, 0) is 25.1 Å². The molecule has 0 spiro atoms. The molecule has 0 radical (unpaired) electrons. The molecule has 0 unspecified atom stereocenters. The number of carbonyl (C=O) groups excluding carboxylic acids is 2. The first-order valence-electron chi connectivity index (χ1n) is 4.77. The second-order valence-electron chi connectivity index (χ2n) is 3.88. The smallest absolute Gasteiger partial charge is 0.261 e. The van der Waals surface area contributed by atoms with Gasteiger partial charge in [0, 0.05) is 17.7 Å². The van der Waals surface area contributed by atoms with Gasteiger partial charge in [-0.15, -0.1) is 0 Å². The number of Topliss-reactive ketones (excluding diaryl/α,β-unsaturated/α-hetero) is 1. The van der Waals surface area contributed by atoms with Crippen LogP contribution >= 0.6 is 0 Å². The summed E-state index contributed by atoms with van der Waals surface area (Å²) >= 11 is 0. The van der Waals surface area contributed by atoms with Crippen LogP contribution in [0.5, 0.6) is 0 Å². The van der Waals surface area contributed by atoms with E-state index in [0.29, 0.717) is 5.69 Å². The Morgan fingerprint density at radius 2 is 2.25 bits per heavy atom. The number of fused-ring (bicyclic) bond motifs is 1. The zero-order valence-corrected chi connectivity index (χ0v) is 8.58. The van der Waals surface area contributed by atoms with Gasteiger partial charge < -0.3 is 10.4 Å². The molecule has 2 N–H and O–H groups in total. The van der Waals surface area contributed by atoms with Gasteiger partial charge in [-0.25, -0.2) is 4.39 Å². The second kappa shape index (κ2) is 3.38. The molecule has 1 aliphatic rings. The van der Waals surface area contributed by atoms with Gasteiger partial charge in [0.05, 0.1) is 0 Å². The second-order valence-corrected chi connectivity index (χ2v) is 3.88. The van der Waals surface area contributed by atoms with Crippen LogP contribution in [0.1, 0.15) is 18.9 Å². The monoisotopic (exact) mass is 223 g/mol. The van der Waals surface area contributed by atoms with E-state index >= 15 is 0 Å². The Balaban J connectivity index is 2.53. The van der Waals surface area contributed by atoms with E-state index in [2.05, 4.69) is 5.32 Å². The molecule has 0 saturated heterocycles. The summed E-state index contributed by atoms with van der Waals surface area (Å²) in [5.74, 6) is -1.59. The number of nitrogens with one attached hydrogen (secondary N) is 1. The molecule has 0 saturated carbocycles. The molecule has 0 bridgehead atoms. The van der Waals surface area contributed by atoms with Crippen LogP contribution in [0.15, 0.2) is 18.2 Å². The van der Waals surface area contributed by atoms with Crippen LogP contribution in [0.2, 0.25) is 0 Å². The minimum atomic E-state index is -1.94. The van der Waals surface area contributed by atoms with Crippen molar-refractivity contribution in [3.63, 3.8) is 0 Å². The molecule has 1 atom stereocenters. The lowest BCUT2D eigenvalue weighted by atomic mass is 9.90. The summed E-state index contributed by atoms with van der Waals surface area (Å²) in [6.45, 7) is 1.27. The number of halogens is 1. The summed E-state index contributed by atoms with van der Waals surface area (Å²) in [5, 5.41) is 12.5. The van der Waals surface area contributed by atoms with Crippen molar-refractivity contribution in [1.82, 2.24) is 0 Å². The number of rotatable bonds is 2. The zero-order valence-electron chi connectivity index (χ0n) is 8.58. The molecule has 1 aliphatic heterocycles. The highest BCUT2D eigenvalue weighted by atomic mass is 19.1. The Hall–Kier alpha value is -1.75. The summed E-state index contributed by atoms with van der Waals surface area (Å²) in [6, 6.07) is 3.61. The quantitative estimate of drug-likeness (QED) is 0.784. The first kappa shape index (κ1) is 10.8. The van der Waals surface area contributed by atoms with Crippen molar-refractivity contribution in [2.45, 2.75) is 18.9 Å². The van der Waals surface area contributed by atoms with Crippen LogP contribution in [0.4, 0.5) is 10.1 Å². The third-order valence-electron chi connectivity index (χ3n) is 2.56.